The third-order valence-electron chi connectivity index (χ3n) is 4.22. The number of anilines is 1. The van der Waals surface area contributed by atoms with Crippen molar-refractivity contribution in [2.75, 3.05) is 5.32 Å². The highest BCUT2D eigenvalue weighted by Gasteiger charge is 2.14. The maximum atomic E-state index is 12.8. The number of para-hydroxylation sites is 1. The summed E-state index contributed by atoms with van der Waals surface area (Å²) in [5.41, 5.74) is 2.69. The molecule has 2 aromatic carbocycles. The van der Waals surface area contributed by atoms with Crippen LogP contribution in [0.4, 0.5) is 5.69 Å². The highest BCUT2D eigenvalue weighted by Crippen LogP contribution is 2.33. The molecule has 8 heteroatoms. The van der Waals surface area contributed by atoms with Crippen molar-refractivity contribution < 1.29 is 4.79 Å². The molecule has 2 aromatic heterocycles. The van der Waals surface area contributed by atoms with Crippen molar-refractivity contribution in [3.8, 4) is 0 Å². The number of pyridine rings is 1. The summed E-state index contributed by atoms with van der Waals surface area (Å²) in [5, 5.41) is 13.0. The van der Waals surface area contributed by atoms with Gasteiger partial charge in [0.25, 0.3) is 5.91 Å². The average molecular weight is 410 g/mol. The lowest BCUT2D eigenvalue weighted by atomic mass is 10.1. The van der Waals surface area contributed by atoms with Gasteiger partial charge in [0.15, 0.2) is 5.16 Å². The van der Waals surface area contributed by atoms with E-state index in [4.69, 9.17) is 11.6 Å². The van der Waals surface area contributed by atoms with Gasteiger partial charge in [0.05, 0.1) is 21.8 Å². The van der Waals surface area contributed by atoms with Crippen molar-refractivity contribution in [1.82, 2.24) is 19.7 Å². The van der Waals surface area contributed by atoms with Crippen LogP contribution in [-0.2, 0) is 7.05 Å². The van der Waals surface area contributed by atoms with E-state index in [9.17, 15) is 4.79 Å². The number of nitrogens with one attached hydrogen (secondary N) is 1. The van der Waals surface area contributed by atoms with E-state index in [1.165, 1.54) is 11.8 Å². The molecule has 4 aromatic rings. The predicted octanol–water partition coefficient (Wildman–Crippen LogP) is 4.73. The number of benzene rings is 2. The van der Waals surface area contributed by atoms with E-state index in [1.807, 2.05) is 61.0 Å². The molecule has 1 N–H and O–H groups in total. The van der Waals surface area contributed by atoms with E-state index in [1.54, 1.807) is 12.4 Å². The Labute approximate surface area is 171 Å². The Balaban J connectivity index is 1.56. The molecular formula is C20H16ClN5OS. The van der Waals surface area contributed by atoms with E-state index >= 15 is 0 Å². The quantitative estimate of drug-likeness (QED) is 0.527. The Hall–Kier alpha value is -2.90. The molecule has 4 rings (SSSR count). The van der Waals surface area contributed by atoms with Crippen LogP contribution in [0.5, 0.6) is 0 Å². The summed E-state index contributed by atoms with van der Waals surface area (Å²) in [6, 6.07) is 15.0. The molecule has 0 aliphatic heterocycles. The first kappa shape index (κ1) is 18.5. The van der Waals surface area contributed by atoms with Crippen molar-refractivity contribution in [2.45, 2.75) is 17.0 Å². The van der Waals surface area contributed by atoms with Gasteiger partial charge in [-0.25, -0.2) is 0 Å². The first-order valence-corrected chi connectivity index (χ1v) is 9.70. The summed E-state index contributed by atoms with van der Waals surface area (Å²) in [7, 11) is 1.87. The SMILES string of the molecule is Cc1nc2ccccc2cc1C(=O)Nc1ccc(Sc2nncn2C)c(Cl)c1. The second kappa shape index (κ2) is 7.61. The molecule has 140 valence electrons. The van der Waals surface area contributed by atoms with E-state index in [0.717, 1.165) is 21.0 Å². The van der Waals surface area contributed by atoms with Crippen molar-refractivity contribution in [2.24, 2.45) is 7.05 Å². The van der Waals surface area contributed by atoms with Crippen LogP contribution in [0.25, 0.3) is 10.9 Å². The van der Waals surface area contributed by atoms with Gasteiger partial charge in [0.1, 0.15) is 6.33 Å². The average Bonchev–Trinajstić information content (AvgIpc) is 3.08. The fourth-order valence-corrected chi connectivity index (χ4v) is 3.83. The molecule has 0 spiro atoms. The molecule has 6 nitrogen and oxygen atoms in total. The second-order valence-electron chi connectivity index (χ2n) is 6.24. The Morgan fingerprint density at radius 2 is 2.00 bits per heavy atom. The third kappa shape index (κ3) is 3.72. The van der Waals surface area contributed by atoms with Gasteiger partial charge in [-0.3, -0.25) is 9.78 Å². The molecule has 0 bridgehead atoms. The Morgan fingerprint density at radius 1 is 1.18 bits per heavy atom. The molecule has 0 saturated carbocycles. The van der Waals surface area contributed by atoms with Crippen LogP contribution in [0.2, 0.25) is 5.02 Å². The Morgan fingerprint density at radius 3 is 2.75 bits per heavy atom. The van der Waals surface area contributed by atoms with Crippen molar-refractivity contribution in [3.63, 3.8) is 0 Å². The number of rotatable bonds is 4. The summed E-state index contributed by atoms with van der Waals surface area (Å²) in [6.45, 7) is 1.83. The molecular weight excluding hydrogens is 394 g/mol. The zero-order valence-corrected chi connectivity index (χ0v) is 16.8. The highest BCUT2D eigenvalue weighted by atomic mass is 35.5. The number of fused-ring (bicyclic) bond motifs is 1. The van der Waals surface area contributed by atoms with Crippen LogP contribution in [0.1, 0.15) is 16.1 Å². The number of hydrogen-bond donors (Lipinski definition) is 1. The standard InChI is InChI=1S/C20H16ClN5OS/c1-12-15(9-13-5-3-4-6-17(13)23-12)19(27)24-14-7-8-18(16(21)10-14)28-20-25-22-11-26(20)2/h3-11H,1-2H3,(H,24,27). The minimum absolute atomic E-state index is 0.222. The summed E-state index contributed by atoms with van der Waals surface area (Å²) < 4.78 is 1.81. The summed E-state index contributed by atoms with van der Waals surface area (Å²) in [6.07, 6.45) is 1.63. The van der Waals surface area contributed by atoms with Crippen molar-refractivity contribution >= 4 is 45.9 Å². The minimum Gasteiger partial charge on any atom is -0.322 e. The molecule has 0 radical (unpaired) electrons. The zero-order chi connectivity index (χ0) is 19.7. The first-order chi connectivity index (χ1) is 13.5. The Kier molecular flexibility index (Phi) is 5.02. The van der Waals surface area contributed by atoms with Crippen LogP contribution < -0.4 is 5.32 Å². The van der Waals surface area contributed by atoms with Crippen molar-refractivity contribution in [3.05, 3.63) is 71.1 Å². The maximum absolute atomic E-state index is 12.8. The smallest absolute Gasteiger partial charge is 0.257 e. The minimum atomic E-state index is -0.222. The normalized spacial score (nSPS) is 11.0. The lowest BCUT2D eigenvalue weighted by Gasteiger charge is -2.10. The maximum Gasteiger partial charge on any atom is 0.257 e. The summed E-state index contributed by atoms with van der Waals surface area (Å²) in [5.74, 6) is -0.222. The summed E-state index contributed by atoms with van der Waals surface area (Å²) >= 11 is 7.81. The van der Waals surface area contributed by atoms with E-state index in [2.05, 4.69) is 20.5 Å². The number of amides is 1. The van der Waals surface area contributed by atoms with Crippen LogP contribution in [0.3, 0.4) is 0 Å². The molecule has 28 heavy (non-hydrogen) atoms. The van der Waals surface area contributed by atoms with E-state index < -0.39 is 0 Å². The number of carbonyl (C=O) groups is 1. The zero-order valence-electron chi connectivity index (χ0n) is 15.2. The number of halogens is 1. The van der Waals surface area contributed by atoms with Gasteiger partial charge in [0, 0.05) is 23.0 Å². The lowest BCUT2D eigenvalue weighted by molar-refractivity contribution is 0.102. The topological polar surface area (TPSA) is 72.7 Å². The largest absolute Gasteiger partial charge is 0.322 e. The number of nitrogens with zero attached hydrogens (tertiary/aromatic N) is 4. The van der Waals surface area contributed by atoms with Gasteiger partial charge >= 0.3 is 0 Å². The molecule has 0 aliphatic carbocycles. The first-order valence-electron chi connectivity index (χ1n) is 8.50. The highest BCUT2D eigenvalue weighted by molar-refractivity contribution is 7.99. The molecule has 0 unspecified atom stereocenters. The fourth-order valence-electron chi connectivity index (χ4n) is 2.77. The Bertz CT molecular complexity index is 1190. The van der Waals surface area contributed by atoms with Crippen LogP contribution in [0.15, 0.2) is 64.9 Å². The third-order valence-corrected chi connectivity index (χ3v) is 5.77. The number of aryl methyl sites for hydroxylation is 2. The monoisotopic (exact) mass is 409 g/mol. The van der Waals surface area contributed by atoms with Crippen LogP contribution in [0, 0.1) is 6.92 Å². The molecule has 1 amide bonds. The lowest BCUT2D eigenvalue weighted by Crippen LogP contribution is -2.14. The number of hydrogen-bond acceptors (Lipinski definition) is 5. The molecule has 2 heterocycles. The van der Waals surface area contributed by atoms with Gasteiger partial charge in [-0.1, -0.05) is 29.8 Å². The molecule has 0 aliphatic rings. The molecule has 0 saturated heterocycles. The molecule has 0 atom stereocenters. The van der Waals surface area contributed by atoms with Gasteiger partial charge < -0.3 is 9.88 Å². The predicted molar refractivity (Wildman–Crippen MR) is 111 cm³/mol. The summed E-state index contributed by atoms with van der Waals surface area (Å²) in [4.78, 5) is 18.1. The van der Waals surface area contributed by atoms with Gasteiger partial charge in [0.2, 0.25) is 0 Å². The van der Waals surface area contributed by atoms with E-state index in [0.29, 0.717) is 22.0 Å². The van der Waals surface area contributed by atoms with Gasteiger partial charge in [-0.05, 0) is 49.0 Å². The van der Waals surface area contributed by atoms with Crippen molar-refractivity contribution in [1.29, 1.82) is 0 Å². The molecule has 0 fully saturated rings. The second-order valence-corrected chi connectivity index (χ2v) is 7.66. The number of carbonyl (C=O) groups excluding carboxylic acids is 1. The van der Waals surface area contributed by atoms with Crippen LogP contribution in [-0.4, -0.2) is 25.7 Å². The number of aromatic nitrogens is 4. The fraction of sp³-hybridized carbons (Fsp3) is 0.100. The van der Waals surface area contributed by atoms with Crippen LogP contribution >= 0.6 is 23.4 Å². The van der Waals surface area contributed by atoms with Gasteiger partial charge in [-0.15, -0.1) is 10.2 Å². The van der Waals surface area contributed by atoms with E-state index in [-0.39, 0.29) is 5.91 Å². The van der Waals surface area contributed by atoms with Gasteiger partial charge in [-0.2, -0.15) is 0 Å².